The van der Waals surface area contributed by atoms with E-state index >= 15 is 0 Å². The summed E-state index contributed by atoms with van der Waals surface area (Å²) in [4.78, 5) is 0. The molecule has 0 amide bonds. The Morgan fingerprint density at radius 2 is 1.60 bits per heavy atom. The molecule has 4 nitrogen and oxygen atoms in total. The van der Waals surface area contributed by atoms with Crippen LogP contribution in [0.15, 0.2) is 11.8 Å². The zero-order valence-electron chi connectivity index (χ0n) is 10.0. The fourth-order valence-corrected chi connectivity index (χ4v) is 1.24. The lowest BCUT2D eigenvalue weighted by molar-refractivity contribution is 0.00578. The first-order chi connectivity index (χ1) is 6.71. The second kappa shape index (κ2) is 3.65. The van der Waals surface area contributed by atoms with Crippen LogP contribution < -0.4 is 5.73 Å². The highest BCUT2D eigenvalue weighted by atomic mass is 16.7. The van der Waals surface area contributed by atoms with Gasteiger partial charge >= 0.3 is 7.12 Å². The first-order valence-electron chi connectivity index (χ1n) is 5.04. The highest BCUT2D eigenvalue weighted by molar-refractivity contribution is 6.84. The van der Waals surface area contributed by atoms with Gasteiger partial charge in [-0.15, -0.1) is 0 Å². The number of nitrogens with two attached hydrogens (primary N) is 1. The van der Waals surface area contributed by atoms with Gasteiger partial charge in [-0.3, -0.25) is 0 Å². The van der Waals surface area contributed by atoms with Crippen LogP contribution in [0.25, 0.3) is 0 Å². The molecule has 15 heavy (non-hydrogen) atoms. The van der Waals surface area contributed by atoms with Gasteiger partial charge in [0.15, 0.2) is 0 Å². The summed E-state index contributed by atoms with van der Waals surface area (Å²) < 4.78 is 11.4. The van der Waals surface area contributed by atoms with E-state index in [2.05, 4.69) is 0 Å². The average molecular weight is 210 g/mol. The Labute approximate surface area is 91.5 Å². The molecular weight excluding hydrogens is 191 g/mol. The Balaban J connectivity index is 2.84. The molecule has 0 aliphatic carbocycles. The summed E-state index contributed by atoms with van der Waals surface area (Å²) in [6, 6.07) is 0. The Morgan fingerprint density at radius 1 is 1.20 bits per heavy atom. The molecule has 0 bridgehead atoms. The molecule has 84 valence electrons. The zero-order valence-corrected chi connectivity index (χ0v) is 10.0. The second-order valence-electron chi connectivity index (χ2n) is 4.85. The van der Waals surface area contributed by atoms with Gasteiger partial charge in [-0.25, -0.2) is 0 Å². The average Bonchev–Trinajstić information content (AvgIpc) is 2.33. The molecule has 1 aliphatic heterocycles. The third-order valence-electron chi connectivity index (χ3n) is 3.16. The van der Waals surface area contributed by atoms with E-state index in [0.29, 0.717) is 5.57 Å². The first kappa shape index (κ1) is 12.3. The van der Waals surface area contributed by atoms with E-state index in [1.807, 2.05) is 27.7 Å². The molecule has 1 heterocycles. The number of hydrogen-bond donors (Lipinski definition) is 2. The van der Waals surface area contributed by atoms with E-state index in [9.17, 15) is 0 Å². The molecule has 0 atom stereocenters. The third kappa shape index (κ3) is 2.08. The molecule has 0 aromatic carbocycles. The summed E-state index contributed by atoms with van der Waals surface area (Å²) in [6.45, 7) is 9.61. The minimum atomic E-state index is -0.616. The Morgan fingerprint density at radius 3 is 1.93 bits per heavy atom. The predicted molar refractivity (Wildman–Crippen MR) is 61.8 cm³/mol. The van der Waals surface area contributed by atoms with Gasteiger partial charge in [-0.2, -0.15) is 0 Å². The molecule has 0 saturated carbocycles. The van der Waals surface area contributed by atoms with E-state index < -0.39 is 18.3 Å². The summed E-state index contributed by atoms with van der Waals surface area (Å²) in [6.07, 6.45) is 1.40. The van der Waals surface area contributed by atoms with Crippen LogP contribution in [0.3, 0.4) is 0 Å². The quantitative estimate of drug-likeness (QED) is 0.536. The molecule has 0 radical (unpaired) electrons. The normalized spacial score (nSPS) is 24.3. The van der Waals surface area contributed by atoms with Crippen molar-refractivity contribution in [1.82, 2.24) is 0 Å². The van der Waals surface area contributed by atoms with Gasteiger partial charge in [0.05, 0.1) is 16.8 Å². The molecule has 0 unspecified atom stereocenters. The molecule has 1 rings (SSSR count). The summed E-state index contributed by atoms with van der Waals surface area (Å²) in [7, 11) is -0.616. The maximum atomic E-state index is 7.85. The SMILES string of the molecule is CC(=CN)C(=N)B1OC(C)(C)C(C)(C)O1. The summed E-state index contributed by atoms with van der Waals surface area (Å²) in [5, 5.41) is 7.85. The van der Waals surface area contributed by atoms with Crippen LogP contribution in [0.4, 0.5) is 0 Å². The van der Waals surface area contributed by atoms with Crippen LogP contribution in [0.5, 0.6) is 0 Å². The summed E-state index contributed by atoms with van der Waals surface area (Å²) in [5.74, 6) is 0. The number of rotatable bonds is 2. The number of allylic oxidation sites excluding steroid dienone is 1. The van der Waals surface area contributed by atoms with Gasteiger partial charge in [0.1, 0.15) is 0 Å². The van der Waals surface area contributed by atoms with Gasteiger partial charge in [0.25, 0.3) is 0 Å². The van der Waals surface area contributed by atoms with Crippen LogP contribution in [0, 0.1) is 5.41 Å². The van der Waals surface area contributed by atoms with Gasteiger partial charge in [-0.1, -0.05) is 0 Å². The van der Waals surface area contributed by atoms with E-state index in [4.69, 9.17) is 20.5 Å². The summed E-state index contributed by atoms with van der Waals surface area (Å²) in [5.41, 5.74) is 5.52. The van der Waals surface area contributed by atoms with Crippen molar-refractivity contribution in [2.45, 2.75) is 45.8 Å². The molecule has 5 heteroatoms. The lowest BCUT2D eigenvalue weighted by Crippen LogP contribution is -2.41. The fourth-order valence-electron chi connectivity index (χ4n) is 1.24. The highest BCUT2D eigenvalue weighted by Crippen LogP contribution is 2.37. The van der Waals surface area contributed by atoms with Crippen LogP contribution in [0.1, 0.15) is 34.6 Å². The fraction of sp³-hybridized carbons (Fsp3) is 0.700. The molecule has 3 N–H and O–H groups in total. The van der Waals surface area contributed by atoms with Gasteiger partial charge < -0.3 is 20.5 Å². The summed E-state index contributed by atoms with van der Waals surface area (Å²) >= 11 is 0. The highest BCUT2D eigenvalue weighted by Gasteiger charge is 2.52. The van der Waals surface area contributed by atoms with E-state index in [-0.39, 0.29) is 5.61 Å². The van der Waals surface area contributed by atoms with Crippen molar-refractivity contribution >= 4 is 12.7 Å². The number of hydrogen-bond acceptors (Lipinski definition) is 4. The molecule has 1 saturated heterocycles. The van der Waals surface area contributed by atoms with Crippen molar-refractivity contribution < 1.29 is 9.31 Å². The zero-order chi connectivity index (χ0) is 11.9. The molecule has 0 aromatic heterocycles. The van der Waals surface area contributed by atoms with E-state index in [0.717, 1.165) is 0 Å². The van der Waals surface area contributed by atoms with Crippen molar-refractivity contribution in [1.29, 1.82) is 5.41 Å². The number of nitrogens with one attached hydrogen (secondary N) is 1. The van der Waals surface area contributed by atoms with E-state index in [1.54, 1.807) is 6.92 Å². The topological polar surface area (TPSA) is 68.3 Å². The molecule has 0 spiro atoms. The first-order valence-corrected chi connectivity index (χ1v) is 5.04. The second-order valence-corrected chi connectivity index (χ2v) is 4.85. The monoisotopic (exact) mass is 210 g/mol. The smallest absolute Gasteiger partial charge is 0.404 e. The lowest BCUT2D eigenvalue weighted by atomic mass is 9.78. The Hall–Kier alpha value is -0.805. The third-order valence-corrected chi connectivity index (χ3v) is 3.16. The van der Waals surface area contributed by atoms with Crippen molar-refractivity contribution in [2.75, 3.05) is 0 Å². The van der Waals surface area contributed by atoms with Gasteiger partial charge in [-0.05, 0) is 46.4 Å². The standard InChI is InChI=1S/C10H19BN2O2/c1-7(6-12)8(13)11-14-9(2,3)10(4,5)15-11/h6,13H,12H2,1-5H3. The molecule has 0 aromatic rings. The minimum absolute atomic E-state index is 0.288. The largest absolute Gasteiger partial charge is 0.514 e. The van der Waals surface area contributed by atoms with Crippen molar-refractivity contribution in [2.24, 2.45) is 5.73 Å². The molecule has 1 fully saturated rings. The van der Waals surface area contributed by atoms with Gasteiger partial charge in [0.2, 0.25) is 0 Å². The van der Waals surface area contributed by atoms with Crippen LogP contribution in [-0.4, -0.2) is 23.9 Å². The molecular formula is C10H19BN2O2. The predicted octanol–water partition coefficient (Wildman–Crippen LogP) is 1.50. The van der Waals surface area contributed by atoms with Crippen molar-refractivity contribution in [3.63, 3.8) is 0 Å². The van der Waals surface area contributed by atoms with Crippen LogP contribution >= 0.6 is 0 Å². The van der Waals surface area contributed by atoms with E-state index in [1.165, 1.54) is 6.20 Å². The minimum Gasteiger partial charge on any atom is -0.404 e. The molecule has 1 aliphatic rings. The Kier molecular flexibility index (Phi) is 2.98. The van der Waals surface area contributed by atoms with Crippen LogP contribution in [-0.2, 0) is 9.31 Å². The van der Waals surface area contributed by atoms with Crippen molar-refractivity contribution in [3.05, 3.63) is 11.8 Å². The maximum absolute atomic E-state index is 7.85. The Bertz CT molecular complexity index is 295. The lowest BCUT2D eigenvalue weighted by Gasteiger charge is -2.32. The van der Waals surface area contributed by atoms with Crippen molar-refractivity contribution in [3.8, 4) is 0 Å². The van der Waals surface area contributed by atoms with Gasteiger partial charge in [0, 0.05) is 0 Å². The maximum Gasteiger partial charge on any atom is 0.514 e. The van der Waals surface area contributed by atoms with Crippen LogP contribution in [0.2, 0.25) is 0 Å².